The van der Waals surface area contributed by atoms with Crippen molar-refractivity contribution < 1.29 is 26.8 Å². The topological polar surface area (TPSA) is 18.5 Å². The zero-order valence-corrected chi connectivity index (χ0v) is 11.1. The van der Waals surface area contributed by atoms with Gasteiger partial charge in [0, 0.05) is 17.8 Å². The Hall–Kier alpha value is -0.0100. The molecule has 2 nitrogen and oxygen atoms in total. The monoisotopic (exact) mass is 290 g/mol. The van der Waals surface area contributed by atoms with E-state index >= 15 is 0 Å². The summed E-state index contributed by atoms with van der Waals surface area (Å²) >= 11 is 0.652. The van der Waals surface area contributed by atoms with Crippen LogP contribution in [0, 0.1) is 5.92 Å². The lowest BCUT2D eigenvalue weighted by atomic mass is 9.81. The first-order chi connectivity index (χ1) is 8.29. The van der Waals surface area contributed by atoms with E-state index in [4.69, 9.17) is 4.89 Å². The van der Waals surface area contributed by atoms with Gasteiger partial charge in [-0.15, -0.1) is 0 Å². The molecule has 0 heterocycles. The van der Waals surface area contributed by atoms with Gasteiger partial charge in [0.1, 0.15) is 5.67 Å². The smallest absolute Gasteiger partial charge is 0.244 e. The van der Waals surface area contributed by atoms with Crippen molar-refractivity contribution in [3.63, 3.8) is 0 Å². The summed E-state index contributed by atoms with van der Waals surface area (Å²) in [6, 6.07) is 0. The van der Waals surface area contributed by atoms with Gasteiger partial charge in [-0.1, -0.05) is 0 Å². The molecule has 0 saturated heterocycles. The molecule has 1 rings (SSSR count). The van der Waals surface area contributed by atoms with Gasteiger partial charge in [-0.3, -0.25) is 0 Å². The molecular formula is C11H18F4O2S. The highest BCUT2D eigenvalue weighted by atomic mass is 32.2. The van der Waals surface area contributed by atoms with Gasteiger partial charge >= 0.3 is 6.18 Å². The standard InChI is InChI=1S/C11H18F4O2S/c1-10(12)4-2-9(3-5-10)8-16-17-18-7-6-11(13,14)15/h9H,2-8H2,1H3. The van der Waals surface area contributed by atoms with Gasteiger partial charge in [-0.2, -0.15) is 17.5 Å². The average Bonchev–Trinajstić information content (AvgIpc) is 2.23. The summed E-state index contributed by atoms with van der Waals surface area (Å²) in [7, 11) is 0. The third kappa shape index (κ3) is 7.43. The molecule has 1 fully saturated rings. The van der Waals surface area contributed by atoms with Crippen LogP contribution in [-0.4, -0.2) is 24.2 Å². The molecule has 0 unspecified atom stereocenters. The van der Waals surface area contributed by atoms with Crippen LogP contribution >= 0.6 is 12.0 Å². The maximum atomic E-state index is 13.5. The Morgan fingerprint density at radius 2 is 1.89 bits per heavy atom. The summed E-state index contributed by atoms with van der Waals surface area (Å²) in [6.07, 6.45) is -2.60. The first kappa shape index (κ1) is 16.0. The third-order valence-corrected chi connectivity index (χ3v) is 3.58. The van der Waals surface area contributed by atoms with Crippen LogP contribution in [-0.2, 0) is 9.22 Å². The van der Waals surface area contributed by atoms with E-state index in [9.17, 15) is 17.6 Å². The molecule has 0 aromatic heterocycles. The number of hydrogen-bond acceptors (Lipinski definition) is 3. The molecule has 0 radical (unpaired) electrons. The summed E-state index contributed by atoms with van der Waals surface area (Å²) < 4.78 is 53.4. The Morgan fingerprint density at radius 1 is 1.28 bits per heavy atom. The van der Waals surface area contributed by atoms with Gasteiger partial charge in [0.25, 0.3) is 0 Å². The quantitative estimate of drug-likeness (QED) is 0.237. The van der Waals surface area contributed by atoms with Crippen molar-refractivity contribution in [1.82, 2.24) is 0 Å². The minimum Gasteiger partial charge on any atom is -0.244 e. The lowest BCUT2D eigenvalue weighted by Crippen LogP contribution is -2.27. The van der Waals surface area contributed by atoms with E-state index in [-0.39, 0.29) is 11.7 Å². The second-order valence-electron chi connectivity index (χ2n) is 4.90. The molecule has 18 heavy (non-hydrogen) atoms. The lowest BCUT2D eigenvalue weighted by molar-refractivity contribution is -0.205. The molecule has 0 aromatic rings. The maximum Gasteiger partial charge on any atom is 0.389 e. The van der Waals surface area contributed by atoms with Gasteiger partial charge in [0.15, 0.2) is 0 Å². The van der Waals surface area contributed by atoms with E-state index in [1.54, 1.807) is 6.92 Å². The molecule has 0 amide bonds. The molecule has 7 heteroatoms. The zero-order valence-electron chi connectivity index (χ0n) is 10.3. The van der Waals surface area contributed by atoms with Crippen molar-refractivity contribution >= 4 is 12.0 Å². The van der Waals surface area contributed by atoms with Crippen molar-refractivity contribution in [3.05, 3.63) is 0 Å². The minimum absolute atomic E-state index is 0.184. The zero-order chi connectivity index (χ0) is 13.6. The predicted octanol–water partition coefficient (Wildman–Crippen LogP) is 4.45. The molecular weight excluding hydrogens is 272 g/mol. The van der Waals surface area contributed by atoms with Crippen LogP contribution in [0.25, 0.3) is 0 Å². The van der Waals surface area contributed by atoms with E-state index in [0.717, 1.165) is 12.8 Å². The highest BCUT2D eigenvalue weighted by Crippen LogP contribution is 2.34. The van der Waals surface area contributed by atoms with Crippen LogP contribution in [0.1, 0.15) is 39.0 Å². The van der Waals surface area contributed by atoms with Crippen molar-refractivity contribution in [3.8, 4) is 0 Å². The van der Waals surface area contributed by atoms with E-state index in [0.29, 0.717) is 31.5 Å². The summed E-state index contributed by atoms with van der Waals surface area (Å²) in [5, 5.41) is 0. The summed E-state index contributed by atoms with van der Waals surface area (Å²) in [4.78, 5) is 4.83. The van der Waals surface area contributed by atoms with Gasteiger partial charge in [0.05, 0.1) is 13.0 Å². The number of alkyl halides is 4. The molecule has 0 atom stereocenters. The SMILES string of the molecule is CC1(F)CCC(COOSCCC(F)(F)F)CC1. The van der Waals surface area contributed by atoms with Crippen molar-refractivity contribution in [2.75, 3.05) is 12.4 Å². The normalized spacial score (nSPS) is 29.5. The van der Waals surface area contributed by atoms with Gasteiger partial charge < -0.3 is 0 Å². The van der Waals surface area contributed by atoms with Crippen LogP contribution < -0.4 is 0 Å². The van der Waals surface area contributed by atoms with E-state index in [2.05, 4.69) is 4.33 Å². The van der Waals surface area contributed by atoms with Crippen LogP contribution in [0.15, 0.2) is 0 Å². The fourth-order valence-electron chi connectivity index (χ4n) is 1.80. The summed E-state index contributed by atoms with van der Waals surface area (Å²) in [5.41, 5.74) is -1.08. The summed E-state index contributed by atoms with van der Waals surface area (Å²) in [5.74, 6) is 0.0496. The van der Waals surface area contributed by atoms with Crippen LogP contribution in [0.2, 0.25) is 0 Å². The molecule has 1 aliphatic carbocycles. The van der Waals surface area contributed by atoms with Gasteiger partial charge in [-0.25, -0.2) is 9.28 Å². The molecule has 0 spiro atoms. The highest BCUT2D eigenvalue weighted by molar-refractivity contribution is 7.94. The van der Waals surface area contributed by atoms with Crippen LogP contribution in [0.3, 0.4) is 0 Å². The van der Waals surface area contributed by atoms with Crippen molar-refractivity contribution in [2.24, 2.45) is 5.92 Å². The molecule has 0 aliphatic heterocycles. The lowest BCUT2D eigenvalue weighted by Gasteiger charge is -2.30. The largest absolute Gasteiger partial charge is 0.389 e. The number of halogens is 4. The van der Waals surface area contributed by atoms with Crippen molar-refractivity contribution in [1.29, 1.82) is 0 Å². The molecule has 108 valence electrons. The predicted molar refractivity (Wildman–Crippen MR) is 61.6 cm³/mol. The Kier molecular flexibility index (Phi) is 6.20. The second kappa shape index (κ2) is 6.96. The first-order valence-electron chi connectivity index (χ1n) is 5.95. The molecule has 1 aliphatic rings. The number of rotatable bonds is 6. The van der Waals surface area contributed by atoms with Crippen LogP contribution in [0.4, 0.5) is 17.6 Å². The first-order valence-corrected chi connectivity index (χ1v) is 6.86. The minimum atomic E-state index is -4.16. The van der Waals surface area contributed by atoms with Crippen LogP contribution in [0.5, 0.6) is 0 Å². The Morgan fingerprint density at radius 3 is 2.44 bits per heavy atom. The maximum absolute atomic E-state index is 13.5. The van der Waals surface area contributed by atoms with Gasteiger partial charge in [0.2, 0.25) is 0 Å². The van der Waals surface area contributed by atoms with E-state index < -0.39 is 18.3 Å². The second-order valence-corrected chi connectivity index (χ2v) is 5.68. The highest BCUT2D eigenvalue weighted by Gasteiger charge is 2.31. The number of hydrogen-bond donors (Lipinski definition) is 0. The summed E-state index contributed by atoms with van der Waals surface area (Å²) in [6.45, 7) is 1.91. The van der Waals surface area contributed by atoms with E-state index in [1.807, 2.05) is 0 Å². The third-order valence-electron chi connectivity index (χ3n) is 3.02. The fraction of sp³-hybridized carbons (Fsp3) is 1.00. The Balaban J connectivity index is 1.96. The molecule has 0 bridgehead atoms. The Labute approximate surface area is 109 Å². The Bertz CT molecular complexity index is 236. The van der Waals surface area contributed by atoms with E-state index in [1.165, 1.54) is 0 Å². The fourth-order valence-corrected chi connectivity index (χ4v) is 2.30. The van der Waals surface area contributed by atoms with Gasteiger partial charge in [-0.05, 0) is 38.5 Å². The van der Waals surface area contributed by atoms with Crippen molar-refractivity contribution in [2.45, 2.75) is 50.9 Å². The molecule has 0 N–H and O–H groups in total. The average molecular weight is 290 g/mol. The molecule has 1 saturated carbocycles. The molecule has 0 aromatic carbocycles.